The van der Waals surface area contributed by atoms with Crippen LogP contribution in [0.15, 0.2) is 23.8 Å². The van der Waals surface area contributed by atoms with Crippen molar-refractivity contribution >= 4 is 0 Å². The van der Waals surface area contributed by atoms with Gasteiger partial charge >= 0.3 is 0 Å². The Bertz CT molecular complexity index is 233. The Labute approximate surface area is 91.1 Å². The molecule has 1 aliphatic rings. The molecule has 0 aromatic carbocycles. The van der Waals surface area contributed by atoms with E-state index in [-0.39, 0.29) is 19.1 Å². The average molecular weight is 212 g/mol. The molecule has 0 saturated heterocycles. The fraction of sp³-hybridized carbons (Fsp3) is 0.667. The van der Waals surface area contributed by atoms with E-state index in [1.165, 1.54) is 5.57 Å². The van der Waals surface area contributed by atoms with Gasteiger partial charge in [0.2, 0.25) is 0 Å². The van der Waals surface area contributed by atoms with Crippen LogP contribution in [0.4, 0.5) is 0 Å². The van der Waals surface area contributed by atoms with Crippen LogP contribution in [-0.4, -0.2) is 36.6 Å². The van der Waals surface area contributed by atoms with E-state index >= 15 is 0 Å². The molecule has 0 heterocycles. The van der Waals surface area contributed by atoms with Crippen LogP contribution in [0, 0.1) is 5.92 Å². The van der Waals surface area contributed by atoms with Crippen molar-refractivity contribution in [3.8, 4) is 0 Å². The van der Waals surface area contributed by atoms with Crippen LogP contribution in [0.25, 0.3) is 0 Å². The molecule has 86 valence electrons. The number of hydrogen-bond donors (Lipinski definition) is 2. The van der Waals surface area contributed by atoms with Gasteiger partial charge < -0.3 is 14.9 Å². The molecule has 0 aliphatic heterocycles. The normalized spacial score (nSPS) is 21.1. The van der Waals surface area contributed by atoms with Crippen molar-refractivity contribution in [3.05, 3.63) is 23.8 Å². The van der Waals surface area contributed by atoms with Crippen LogP contribution in [-0.2, 0) is 4.74 Å². The zero-order valence-corrected chi connectivity index (χ0v) is 9.11. The lowest BCUT2D eigenvalue weighted by molar-refractivity contribution is 0.165. The largest absolute Gasteiger partial charge is 0.396 e. The van der Waals surface area contributed by atoms with Gasteiger partial charge in [-0.15, -0.1) is 6.58 Å². The Balaban J connectivity index is 2.40. The molecule has 0 bridgehead atoms. The maximum Gasteiger partial charge on any atom is 0.0647 e. The van der Waals surface area contributed by atoms with Gasteiger partial charge in [-0.1, -0.05) is 11.6 Å². The molecule has 0 aromatic heterocycles. The summed E-state index contributed by atoms with van der Waals surface area (Å²) in [4.78, 5) is 0. The summed E-state index contributed by atoms with van der Waals surface area (Å²) in [6.45, 7) is 5.04. The first-order valence-corrected chi connectivity index (χ1v) is 5.44. The lowest BCUT2D eigenvalue weighted by Crippen LogP contribution is -2.08. The third kappa shape index (κ3) is 3.45. The van der Waals surface area contributed by atoms with E-state index in [0.29, 0.717) is 13.2 Å². The summed E-state index contributed by atoms with van der Waals surface area (Å²) < 4.78 is 5.31. The molecule has 3 nitrogen and oxygen atoms in total. The van der Waals surface area contributed by atoms with Crippen molar-refractivity contribution in [2.75, 3.05) is 26.4 Å². The Morgan fingerprint density at radius 2 is 2.27 bits per heavy atom. The van der Waals surface area contributed by atoms with Crippen LogP contribution in [0.2, 0.25) is 0 Å². The van der Waals surface area contributed by atoms with Crippen molar-refractivity contribution in [2.24, 2.45) is 5.92 Å². The topological polar surface area (TPSA) is 49.7 Å². The van der Waals surface area contributed by atoms with Crippen LogP contribution >= 0.6 is 0 Å². The molecular formula is C12H20O3. The molecule has 2 N–H and O–H groups in total. The molecule has 1 atom stereocenters. The molecule has 0 aromatic rings. The van der Waals surface area contributed by atoms with E-state index in [1.54, 1.807) is 6.08 Å². The highest BCUT2D eigenvalue weighted by Gasteiger charge is 2.23. The summed E-state index contributed by atoms with van der Waals surface area (Å²) in [6.07, 6.45) is 4.54. The fourth-order valence-corrected chi connectivity index (χ4v) is 2.06. The summed E-state index contributed by atoms with van der Waals surface area (Å²) in [5, 5.41) is 18.3. The third-order valence-corrected chi connectivity index (χ3v) is 2.92. The molecule has 15 heavy (non-hydrogen) atoms. The Hall–Kier alpha value is -0.640. The Morgan fingerprint density at radius 1 is 1.47 bits per heavy atom. The molecule has 1 rings (SSSR count). The first-order chi connectivity index (χ1) is 7.33. The molecule has 3 heteroatoms. The highest BCUT2D eigenvalue weighted by atomic mass is 16.5. The van der Waals surface area contributed by atoms with Gasteiger partial charge in [0.25, 0.3) is 0 Å². The molecule has 0 radical (unpaired) electrons. The molecule has 0 saturated carbocycles. The van der Waals surface area contributed by atoms with Crippen molar-refractivity contribution in [3.63, 3.8) is 0 Å². The molecule has 0 unspecified atom stereocenters. The minimum Gasteiger partial charge on any atom is -0.396 e. The summed E-state index contributed by atoms with van der Waals surface area (Å²) in [5.74, 6) is 0.171. The number of hydrogen-bond acceptors (Lipinski definition) is 3. The van der Waals surface area contributed by atoms with E-state index < -0.39 is 0 Å². The average Bonchev–Trinajstić information content (AvgIpc) is 2.66. The predicted octanol–water partition coefficient (Wildman–Crippen LogP) is 1.27. The molecule has 0 fully saturated rings. The minimum atomic E-state index is 0.0714. The van der Waals surface area contributed by atoms with Gasteiger partial charge in [0.15, 0.2) is 0 Å². The number of aliphatic hydroxyl groups is 2. The van der Waals surface area contributed by atoms with Gasteiger partial charge in [-0.25, -0.2) is 0 Å². The molecular weight excluding hydrogens is 192 g/mol. The molecule has 0 spiro atoms. The molecule has 0 amide bonds. The number of rotatable bonds is 7. The van der Waals surface area contributed by atoms with Gasteiger partial charge in [-0.3, -0.25) is 0 Å². The van der Waals surface area contributed by atoms with E-state index in [2.05, 4.69) is 6.58 Å². The highest BCUT2D eigenvalue weighted by Crippen LogP contribution is 2.33. The summed E-state index contributed by atoms with van der Waals surface area (Å²) >= 11 is 0. The maximum atomic E-state index is 9.21. The fourth-order valence-electron chi connectivity index (χ4n) is 2.06. The van der Waals surface area contributed by atoms with Crippen molar-refractivity contribution in [1.82, 2.24) is 0 Å². The third-order valence-electron chi connectivity index (χ3n) is 2.92. The Morgan fingerprint density at radius 3 is 2.87 bits per heavy atom. The van der Waals surface area contributed by atoms with Crippen LogP contribution in [0.1, 0.15) is 19.3 Å². The molecule has 1 aliphatic carbocycles. The van der Waals surface area contributed by atoms with E-state index in [9.17, 15) is 5.11 Å². The van der Waals surface area contributed by atoms with Gasteiger partial charge in [-0.2, -0.15) is 0 Å². The SMILES string of the molecule is C=CCOCCC1=C(CO)[C@H](CO)CC1. The second-order valence-corrected chi connectivity index (χ2v) is 3.82. The summed E-state index contributed by atoms with van der Waals surface area (Å²) in [5.41, 5.74) is 2.29. The quantitative estimate of drug-likeness (QED) is 0.493. The van der Waals surface area contributed by atoms with Gasteiger partial charge in [0.1, 0.15) is 0 Å². The minimum absolute atomic E-state index is 0.0714. The van der Waals surface area contributed by atoms with Crippen LogP contribution < -0.4 is 0 Å². The van der Waals surface area contributed by atoms with E-state index in [0.717, 1.165) is 24.8 Å². The second-order valence-electron chi connectivity index (χ2n) is 3.82. The summed E-state index contributed by atoms with van der Waals surface area (Å²) in [7, 11) is 0. The zero-order valence-electron chi connectivity index (χ0n) is 9.11. The summed E-state index contributed by atoms with van der Waals surface area (Å²) in [6, 6.07) is 0. The van der Waals surface area contributed by atoms with Crippen LogP contribution in [0.5, 0.6) is 0 Å². The van der Waals surface area contributed by atoms with E-state index in [1.807, 2.05) is 0 Å². The maximum absolute atomic E-state index is 9.21. The second kappa shape index (κ2) is 6.77. The number of aliphatic hydroxyl groups excluding tert-OH is 2. The lowest BCUT2D eigenvalue weighted by atomic mass is 10.0. The van der Waals surface area contributed by atoms with Crippen molar-refractivity contribution < 1.29 is 14.9 Å². The van der Waals surface area contributed by atoms with Gasteiger partial charge in [-0.05, 0) is 24.8 Å². The van der Waals surface area contributed by atoms with Gasteiger partial charge in [0, 0.05) is 12.5 Å². The smallest absolute Gasteiger partial charge is 0.0647 e. The van der Waals surface area contributed by atoms with Crippen molar-refractivity contribution in [1.29, 1.82) is 0 Å². The predicted molar refractivity (Wildman–Crippen MR) is 59.6 cm³/mol. The highest BCUT2D eigenvalue weighted by molar-refractivity contribution is 5.23. The van der Waals surface area contributed by atoms with Crippen molar-refractivity contribution in [2.45, 2.75) is 19.3 Å². The monoisotopic (exact) mass is 212 g/mol. The van der Waals surface area contributed by atoms with E-state index in [4.69, 9.17) is 9.84 Å². The lowest BCUT2D eigenvalue weighted by Gasteiger charge is -2.10. The first-order valence-electron chi connectivity index (χ1n) is 5.44. The first kappa shape index (κ1) is 12.4. The number of ether oxygens (including phenoxy) is 1. The Kier molecular flexibility index (Phi) is 5.61. The van der Waals surface area contributed by atoms with Crippen LogP contribution in [0.3, 0.4) is 0 Å². The van der Waals surface area contributed by atoms with Gasteiger partial charge in [0.05, 0.1) is 19.8 Å². The standard InChI is InChI=1S/C12H20O3/c1-2-6-15-7-5-10-3-4-11(8-13)12(10)9-14/h2,11,13-14H,1,3-9H2/t11-/m0/s1. The zero-order chi connectivity index (χ0) is 11.1.